The number of fused-ring (bicyclic) bond motifs is 4. The van der Waals surface area contributed by atoms with Crippen LogP contribution in [0.1, 0.15) is 51.9 Å². The van der Waals surface area contributed by atoms with Crippen molar-refractivity contribution < 1.29 is 9.53 Å². The highest BCUT2D eigenvalue weighted by Gasteiger charge is 2.62. The van der Waals surface area contributed by atoms with E-state index in [1.807, 2.05) is 0 Å². The Morgan fingerprint density at radius 1 is 1.31 bits per heavy atom. The average molecular weight is 220 g/mol. The maximum Gasteiger partial charge on any atom is 0.303 e. The molecular weight excluding hydrogens is 200 g/mol. The molecule has 2 saturated carbocycles. The Labute approximate surface area is 97.1 Å². The van der Waals surface area contributed by atoms with E-state index in [0.29, 0.717) is 11.8 Å². The van der Waals surface area contributed by atoms with Gasteiger partial charge in [0.25, 0.3) is 0 Å². The fraction of sp³-hybridized carbons (Fsp3) is 0.786. The van der Waals surface area contributed by atoms with Gasteiger partial charge >= 0.3 is 5.97 Å². The van der Waals surface area contributed by atoms with Crippen LogP contribution in [0, 0.1) is 11.8 Å². The summed E-state index contributed by atoms with van der Waals surface area (Å²) in [6, 6.07) is 0. The van der Waals surface area contributed by atoms with Gasteiger partial charge in [-0.1, -0.05) is 18.1 Å². The fourth-order valence-electron chi connectivity index (χ4n) is 4.21. The lowest BCUT2D eigenvalue weighted by Gasteiger charge is -2.53. The monoisotopic (exact) mass is 220 g/mol. The molecule has 0 aliphatic heterocycles. The maximum atomic E-state index is 11.3. The second-order valence-electron chi connectivity index (χ2n) is 5.53. The third-order valence-electron chi connectivity index (χ3n) is 4.71. The molecule has 2 heteroatoms. The van der Waals surface area contributed by atoms with Gasteiger partial charge in [-0.25, -0.2) is 0 Å². The number of allylic oxidation sites excluding steroid dienone is 1. The van der Waals surface area contributed by atoms with Crippen LogP contribution in [0.3, 0.4) is 0 Å². The van der Waals surface area contributed by atoms with Crippen LogP contribution >= 0.6 is 0 Å². The van der Waals surface area contributed by atoms with Gasteiger partial charge in [0.2, 0.25) is 0 Å². The molecule has 3 aliphatic rings. The lowest BCUT2D eigenvalue weighted by Crippen LogP contribution is -2.56. The van der Waals surface area contributed by atoms with Crippen molar-refractivity contribution in [2.24, 2.45) is 11.8 Å². The lowest BCUT2D eigenvalue weighted by atomic mass is 9.57. The van der Waals surface area contributed by atoms with E-state index >= 15 is 0 Å². The minimum Gasteiger partial charge on any atom is -0.458 e. The summed E-state index contributed by atoms with van der Waals surface area (Å²) in [5.41, 5.74) is 1.54. The second-order valence-corrected chi connectivity index (χ2v) is 5.53. The van der Waals surface area contributed by atoms with Gasteiger partial charge in [-0.2, -0.15) is 0 Å². The molecule has 88 valence electrons. The average Bonchev–Trinajstić information content (AvgIpc) is 2.47. The number of carbonyl (C=O) groups is 1. The van der Waals surface area contributed by atoms with E-state index in [1.165, 1.54) is 38.5 Å². The summed E-state index contributed by atoms with van der Waals surface area (Å²) in [6.07, 6.45) is 11.1. The Kier molecular flexibility index (Phi) is 2.34. The van der Waals surface area contributed by atoms with Gasteiger partial charge in [-0.05, 0) is 38.5 Å². The number of ether oxygens (including phenoxy) is 1. The van der Waals surface area contributed by atoms with Crippen molar-refractivity contribution in [1.82, 2.24) is 0 Å². The first-order valence-corrected chi connectivity index (χ1v) is 6.63. The molecule has 0 N–H and O–H groups in total. The predicted molar refractivity (Wildman–Crippen MR) is 61.9 cm³/mol. The first-order valence-electron chi connectivity index (χ1n) is 6.63. The summed E-state index contributed by atoms with van der Waals surface area (Å²) in [4.78, 5) is 11.3. The van der Waals surface area contributed by atoms with Crippen LogP contribution in [0.15, 0.2) is 11.6 Å². The first-order chi connectivity index (χ1) is 7.74. The van der Waals surface area contributed by atoms with E-state index < -0.39 is 0 Å². The molecule has 0 bridgehead atoms. The molecular formula is C14H20O2. The second kappa shape index (κ2) is 3.61. The third kappa shape index (κ3) is 1.28. The van der Waals surface area contributed by atoms with Gasteiger partial charge in [0.15, 0.2) is 0 Å². The molecule has 3 atom stereocenters. The molecule has 3 aliphatic carbocycles. The van der Waals surface area contributed by atoms with Crippen LogP contribution < -0.4 is 0 Å². The third-order valence-corrected chi connectivity index (χ3v) is 4.71. The number of carbonyl (C=O) groups excluding carboxylic acids is 1. The molecule has 0 aromatic heterocycles. The number of hydrogen-bond donors (Lipinski definition) is 0. The molecule has 2 fully saturated rings. The summed E-state index contributed by atoms with van der Waals surface area (Å²) >= 11 is 0. The quantitative estimate of drug-likeness (QED) is 0.501. The zero-order valence-corrected chi connectivity index (χ0v) is 10.00. The van der Waals surface area contributed by atoms with Crippen molar-refractivity contribution in [3.63, 3.8) is 0 Å². The summed E-state index contributed by atoms with van der Waals surface area (Å²) < 4.78 is 5.74. The van der Waals surface area contributed by atoms with Crippen LogP contribution in [0.25, 0.3) is 0 Å². The SMILES string of the molecule is CC(=O)O[C@]12CCC[C@@H]1C1=CCCCC[C@@H]12. The minimum absolute atomic E-state index is 0.0813. The molecule has 0 amide bonds. The Morgan fingerprint density at radius 3 is 2.81 bits per heavy atom. The summed E-state index contributed by atoms with van der Waals surface area (Å²) in [5.74, 6) is 1.04. The smallest absolute Gasteiger partial charge is 0.303 e. The van der Waals surface area contributed by atoms with E-state index in [9.17, 15) is 4.79 Å². The molecule has 0 spiro atoms. The first kappa shape index (κ1) is 10.4. The Morgan fingerprint density at radius 2 is 2.06 bits per heavy atom. The Bertz CT molecular complexity index is 345. The summed E-state index contributed by atoms with van der Waals surface area (Å²) in [5, 5.41) is 0. The number of rotatable bonds is 1. The van der Waals surface area contributed by atoms with Crippen LogP contribution in [0.4, 0.5) is 0 Å². The van der Waals surface area contributed by atoms with Crippen molar-refractivity contribution >= 4 is 5.97 Å². The Balaban J connectivity index is 1.89. The van der Waals surface area contributed by atoms with E-state index in [1.54, 1.807) is 12.5 Å². The zero-order chi connectivity index (χ0) is 11.2. The summed E-state index contributed by atoms with van der Waals surface area (Å²) in [6.45, 7) is 1.56. The highest BCUT2D eigenvalue weighted by molar-refractivity contribution is 5.67. The van der Waals surface area contributed by atoms with Crippen molar-refractivity contribution in [2.45, 2.75) is 57.5 Å². The van der Waals surface area contributed by atoms with Gasteiger partial charge in [0.1, 0.15) is 5.60 Å². The van der Waals surface area contributed by atoms with Gasteiger partial charge in [-0.15, -0.1) is 0 Å². The topological polar surface area (TPSA) is 26.3 Å². The standard InChI is InChI=1S/C14H20O2/c1-10(15)16-14-9-5-8-13(14)11-6-3-2-4-7-12(11)14/h6,12-13H,2-5,7-9H2,1H3/t12-,13+,14-/m0/s1. The predicted octanol–water partition coefficient (Wildman–Crippen LogP) is 3.22. The van der Waals surface area contributed by atoms with Crippen LogP contribution in [0.2, 0.25) is 0 Å². The largest absolute Gasteiger partial charge is 0.458 e. The summed E-state index contributed by atoms with van der Waals surface area (Å²) in [7, 11) is 0. The molecule has 0 radical (unpaired) electrons. The molecule has 0 aromatic rings. The van der Waals surface area contributed by atoms with E-state index in [4.69, 9.17) is 4.74 Å². The van der Waals surface area contributed by atoms with Crippen LogP contribution in [-0.4, -0.2) is 11.6 Å². The van der Waals surface area contributed by atoms with Gasteiger partial charge in [0.05, 0.1) is 0 Å². The van der Waals surface area contributed by atoms with Crippen molar-refractivity contribution in [3.8, 4) is 0 Å². The van der Waals surface area contributed by atoms with E-state index in [2.05, 4.69) is 6.08 Å². The molecule has 16 heavy (non-hydrogen) atoms. The van der Waals surface area contributed by atoms with Crippen LogP contribution in [0.5, 0.6) is 0 Å². The molecule has 0 unspecified atom stereocenters. The molecule has 0 aromatic carbocycles. The van der Waals surface area contributed by atoms with Gasteiger partial charge < -0.3 is 4.74 Å². The van der Waals surface area contributed by atoms with Crippen molar-refractivity contribution in [3.05, 3.63) is 11.6 Å². The molecule has 2 nitrogen and oxygen atoms in total. The van der Waals surface area contributed by atoms with E-state index in [-0.39, 0.29) is 11.6 Å². The van der Waals surface area contributed by atoms with Crippen molar-refractivity contribution in [2.75, 3.05) is 0 Å². The molecule has 0 heterocycles. The van der Waals surface area contributed by atoms with Gasteiger partial charge in [0, 0.05) is 18.8 Å². The molecule has 0 saturated heterocycles. The Hall–Kier alpha value is -0.790. The van der Waals surface area contributed by atoms with Crippen LogP contribution in [-0.2, 0) is 9.53 Å². The lowest BCUT2D eigenvalue weighted by molar-refractivity contribution is -0.177. The molecule has 3 rings (SSSR count). The van der Waals surface area contributed by atoms with Gasteiger partial charge in [-0.3, -0.25) is 4.79 Å². The highest BCUT2D eigenvalue weighted by atomic mass is 16.6. The number of esters is 1. The normalized spacial score (nSPS) is 41.2. The number of hydrogen-bond acceptors (Lipinski definition) is 2. The fourth-order valence-corrected chi connectivity index (χ4v) is 4.21. The highest BCUT2D eigenvalue weighted by Crippen LogP contribution is 2.62. The maximum absolute atomic E-state index is 11.3. The van der Waals surface area contributed by atoms with Crippen molar-refractivity contribution in [1.29, 1.82) is 0 Å². The zero-order valence-electron chi connectivity index (χ0n) is 10.00. The minimum atomic E-state index is -0.0878. The van der Waals surface area contributed by atoms with E-state index in [0.717, 1.165) is 6.42 Å².